The van der Waals surface area contributed by atoms with E-state index in [1.54, 1.807) is 13.0 Å². The van der Waals surface area contributed by atoms with Crippen LogP contribution in [0.5, 0.6) is 5.75 Å². The Kier molecular flexibility index (Phi) is 8.50. The largest absolute Gasteiger partial charge is 0.491 e. The molecular weight excluding hydrogens is 444 g/mol. The van der Waals surface area contributed by atoms with Crippen molar-refractivity contribution < 1.29 is 18.8 Å². The van der Waals surface area contributed by atoms with Crippen LogP contribution < -0.4 is 10.1 Å². The number of benzene rings is 2. The van der Waals surface area contributed by atoms with Crippen molar-refractivity contribution >= 4 is 5.91 Å². The molecule has 35 heavy (non-hydrogen) atoms. The van der Waals surface area contributed by atoms with E-state index in [-0.39, 0.29) is 12.5 Å². The quantitative estimate of drug-likeness (QED) is 0.597. The first-order valence-corrected chi connectivity index (χ1v) is 12.2. The number of nitrogens with one attached hydrogen (secondary N) is 1. The fraction of sp³-hybridized carbons (Fsp3) is 0.444. The first-order valence-electron chi connectivity index (χ1n) is 12.2. The summed E-state index contributed by atoms with van der Waals surface area (Å²) in [7, 11) is 0. The Bertz CT molecular complexity index is 1130. The molecule has 8 nitrogen and oxygen atoms in total. The molecule has 0 unspecified atom stereocenters. The second-order valence-corrected chi connectivity index (χ2v) is 9.32. The summed E-state index contributed by atoms with van der Waals surface area (Å²) in [4.78, 5) is 19.4. The summed E-state index contributed by atoms with van der Waals surface area (Å²) in [5.41, 5.74) is 3.97. The lowest BCUT2D eigenvalue weighted by Crippen LogP contribution is -2.31. The van der Waals surface area contributed by atoms with Gasteiger partial charge in [0, 0.05) is 38.5 Å². The standard InChI is InChI=1S/C27H34N4O4/c1-19(2)17-31-9-10-33-11-12-34-25-8-7-23(27(32)28-16-26-29-20(3)35-30-26)15-24(25)14-21-5-4-6-22(13-21)18-31/h4-8,13,15,19H,9-12,14,16-18H2,1-3H3,(H,28,32). The molecule has 4 rings (SSSR count). The Balaban J connectivity index is 1.54. The zero-order valence-electron chi connectivity index (χ0n) is 20.8. The third kappa shape index (κ3) is 7.37. The summed E-state index contributed by atoms with van der Waals surface area (Å²) in [5, 5.41) is 6.68. The van der Waals surface area contributed by atoms with E-state index >= 15 is 0 Å². The number of aromatic nitrogens is 2. The van der Waals surface area contributed by atoms with Crippen LogP contribution in [-0.4, -0.2) is 53.9 Å². The number of fused-ring (bicyclic) bond motifs is 3. The maximum Gasteiger partial charge on any atom is 0.251 e. The molecule has 0 aliphatic carbocycles. The summed E-state index contributed by atoms with van der Waals surface area (Å²) in [6, 6.07) is 14.2. The van der Waals surface area contributed by atoms with Crippen molar-refractivity contribution in [2.75, 3.05) is 32.9 Å². The van der Waals surface area contributed by atoms with Crippen molar-refractivity contribution in [2.24, 2.45) is 5.92 Å². The molecule has 1 aliphatic rings. The molecule has 0 saturated carbocycles. The number of ether oxygens (including phenoxy) is 2. The van der Waals surface area contributed by atoms with Crippen LogP contribution in [0.3, 0.4) is 0 Å². The highest BCUT2D eigenvalue weighted by molar-refractivity contribution is 5.94. The zero-order valence-corrected chi connectivity index (χ0v) is 20.8. The smallest absolute Gasteiger partial charge is 0.251 e. The summed E-state index contributed by atoms with van der Waals surface area (Å²) in [6.07, 6.45) is 0.666. The number of amides is 1. The molecular formula is C27H34N4O4. The van der Waals surface area contributed by atoms with E-state index in [1.807, 2.05) is 12.1 Å². The Morgan fingerprint density at radius 2 is 1.97 bits per heavy atom. The van der Waals surface area contributed by atoms with Gasteiger partial charge in [0.05, 0.1) is 19.8 Å². The van der Waals surface area contributed by atoms with Gasteiger partial charge in [-0.05, 0) is 40.8 Å². The van der Waals surface area contributed by atoms with Crippen molar-refractivity contribution in [1.82, 2.24) is 20.4 Å². The summed E-state index contributed by atoms with van der Waals surface area (Å²) < 4.78 is 16.9. The maximum atomic E-state index is 12.8. The van der Waals surface area contributed by atoms with Crippen LogP contribution in [0.2, 0.25) is 0 Å². The molecule has 2 bridgehead atoms. The van der Waals surface area contributed by atoms with Crippen molar-refractivity contribution in [3.05, 3.63) is 76.4 Å². The third-order valence-electron chi connectivity index (χ3n) is 5.75. The average Bonchev–Trinajstić information content (AvgIpc) is 3.24. The van der Waals surface area contributed by atoms with Crippen LogP contribution in [0.15, 0.2) is 47.0 Å². The third-order valence-corrected chi connectivity index (χ3v) is 5.75. The molecule has 0 atom stereocenters. The van der Waals surface area contributed by atoms with E-state index in [1.165, 1.54) is 11.1 Å². The number of carbonyl (C=O) groups is 1. The molecule has 1 amide bonds. The number of hydrogen-bond acceptors (Lipinski definition) is 7. The van der Waals surface area contributed by atoms with Gasteiger partial charge in [0.25, 0.3) is 5.91 Å². The van der Waals surface area contributed by atoms with Gasteiger partial charge in [-0.15, -0.1) is 0 Å². The highest BCUT2D eigenvalue weighted by Gasteiger charge is 2.15. The van der Waals surface area contributed by atoms with E-state index in [4.69, 9.17) is 14.0 Å². The predicted octanol–water partition coefficient (Wildman–Crippen LogP) is 3.77. The van der Waals surface area contributed by atoms with Gasteiger partial charge >= 0.3 is 0 Å². The van der Waals surface area contributed by atoms with Crippen LogP contribution >= 0.6 is 0 Å². The second kappa shape index (κ2) is 12.0. The number of aryl methyl sites for hydroxylation is 1. The lowest BCUT2D eigenvalue weighted by molar-refractivity contribution is 0.0746. The molecule has 2 heterocycles. The summed E-state index contributed by atoms with van der Waals surface area (Å²) in [5.74, 6) is 2.07. The van der Waals surface area contributed by atoms with Crippen LogP contribution in [0, 0.1) is 12.8 Å². The normalized spacial score (nSPS) is 15.2. The van der Waals surface area contributed by atoms with Gasteiger partial charge in [0.15, 0.2) is 5.82 Å². The highest BCUT2D eigenvalue weighted by Crippen LogP contribution is 2.25. The molecule has 0 spiro atoms. The molecule has 1 N–H and O–H groups in total. The monoisotopic (exact) mass is 478 g/mol. The highest BCUT2D eigenvalue weighted by atomic mass is 16.5. The Morgan fingerprint density at radius 3 is 2.77 bits per heavy atom. The minimum absolute atomic E-state index is 0.198. The van der Waals surface area contributed by atoms with E-state index in [0.29, 0.717) is 49.4 Å². The summed E-state index contributed by atoms with van der Waals surface area (Å²) in [6.45, 7) is 10.8. The molecule has 0 fully saturated rings. The molecule has 0 saturated heterocycles. The summed E-state index contributed by atoms with van der Waals surface area (Å²) >= 11 is 0. The molecule has 1 aliphatic heterocycles. The minimum atomic E-state index is -0.198. The maximum absolute atomic E-state index is 12.8. The van der Waals surface area contributed by atoms with Gasteiger partial charge in [0.2, 0.25) is 5.89 Å². The van der Waals surface area contributed by atoms with Crippen molar-refractivity contribution in [3.63, 3.8) is 0 Å². The SMILES string of the molecule is Cc1nc(CNC(=O)c2ccc3c(c2)Cc2cccc(c2)CN(CC(C)C)CCOCCO3)no1. The van der Waals surface area contributed by atoms with Gasteiger partial charge < -0.3 is 19.3 Å². The fourth-order valence-corrected chi connectivity index (χ4v) is 4.25. The number of hydrogen-bond donors (Lipinski definition) is 1. The average molecular weight is 479 g/mol. The molecule has 8 heteroatoms. The molecule has 2 aromatic carbocycles. The van der Waals surface area contributed by atoms with Gasteiger partial charge in [-0.1, -0.05) is 43.3 Å². The van der Waals surface area contributed by atoms with Crippen LogP contribution in [0.4, 0.5) is 0 Å². The van der Waals surface area contributed by atoms with Crippen LogP contribution in [0.1, 0.15) is 52.6 Å². The van der Waals surface area contributed by atoms with E-state index in [0.717, 1.165) is 30.9 Å². The number of carbonyl (C=O) groups excluding carboxylic acids is 1. The van der Waals surface area contributed by atoms with Gasteiger partial charge in [-0.25, -0.2) is 0 Å². The van der Waals surface area contributed by atoms with Gasteiger partial charge in [0.1, 0.15) is 12.4 Å². The van der Waals surface area contributed by atoms with E-state index < -0.39 is 0 Å². The predicted molar refractivity (Wildman–Crippen MR) is 132 cm³/mol. The lowest BCUT2D eigenvalue weighted by atomic mass is 9.99. The van der Waals surface area contributed by atoms with Gasteiger partial charge in [-0.2, -0.15) is 4.98 Å². The lowest BCUT2D eigenvalue weighted by Gasteiger charge is -2.25. The number of nitrogens with zero attached hydrogens (tertiary/aromatic N) is 3. The van der Waals surface area contributed by atoms with Crippen LogP contribution in [-0.2, 0) is 24.2 Å². The fourth-order valence-electron chi connectivity index (χ4n) is 4.25. The van der Waals surface area contributed by atoms with E-state index in [9.17, 15) is 4.79 Å². The number of rotatable bonds is 5. The van der Waals surface area contributed by atoms with Crippen molar-refractivity contribution in [1.29, 1.82) is 0 Å². The van der Waals surface area contributed by atoms with Crippen molar-refractivity contribution in [3.8, 4) is 5.75 Å². The zero-order chi connectivity index (χ0) is 24.6. The van der Waals surface area contributed by atoms with Crippen molar-refractivity contribution in [2.45, 2.75) is 40.3 Å². The first kappa shape index (κ1) is 24.9. The molecule has 3 aromatic rings. The Hall–Kier alpha value is -3.23. The first-order chi connectivity index (χ1) is 17.0. The second-order valence-electron chi connectivity index (χ2n) is 9.32. The Labute approximate surface area is 206 Å². The van der Waals surface area contributed by atoms with E-state index in [2.05, 4.69) is 58.5 Å². The molecule has 0 radical (unpaired) electrons. The van der Waals surface area contributed by atoms with Gasteiger partial charge in [-0.3, -0.25) is 9.69 Å². The van der Waals surface area contributed by atoms with Crippen LogP contribution in [0.25, 0.3) is 0 Å². The minimum Gasteiger partial charge on any atom is -0.491 e. The molecule has 1 aromatic heterocycles. The molecule has 186 valence electrons. The topological polar surface area (TPSA) is 89.7 Å². The Morgan fingerprint density at radius 1 is 1.11 bits per heavy atom.